The maximum absolute atomic E-state index is 5.86. The Kier molecular flexibility index (Phi) is 2.96. The lowest BCUT2D eigenvalue weighted by Crippen LogP contribution is -2.34. The highest BCUT2D eigenvalue weighted by Gasteiger charge is 2.20. The molecule has 0 aliphatic carbocycles. The second-order valence-electron chi connectivity index (χ2n) is 2.97. The summed E-state index contributed by atoms with van der Waals surface area (Å²) < 4.78 is 0. The molecule has 10 heavy (non-hydrogen) atoms. The van der Waals surface area contributed by atoms with Gasteiger partial charge in [-0.1, -0.05) is 0 Å². The molecule has 1 aliphatic heterocycles. The van der Waals surface area contributed by atoms with Crippen LogP contribution in [-0.4, -0.2) is 36.6 Å². The molecule has 1 fully saturated rings. The van der Waals surface area contributed by atoms with Crippen LogP contribution in [-0.2, 0) is 0 Å². The van der Waals surface area contributed by atoms with Gasteiger partial charge in [-0.05, 0) is 20.4 Å². The molecule has 0 aromatic rings. The molecule has 1 saturated heterocycles. The predicted molar refractivity (Wildman–Crippen MR) is 44.4 cm³/mol. The fraction of sp³-hybridized carbons (Fsp3) is 1.00. The first-order chi connectivity index (χ1) is 4.70. The highest BCUT2D eigenvalue weighted by molar-refractivity contribution is 6.20. The van der Waals surface area contributed by atoms with E-state index in [0.717, 1.165) is 19.5 Å². The van der Waals surface area contributed by atoms with Crippen molar-refractivity contribution in [3.8, 4) is 0 Å². The van der Waals surface area contributed by atoms with E-state index in [1.165, 1.54) is 0 Å². The minimum absolute atomic E-state index is 0.276. The summed E-state index contributed by atoms with van der Waals surface area (Å²) in [5.74, 6) is 0. The third-order valence-electron chi connectivity index (χ3n) is 1.92. The van der Waals surface area contributed by atoms with E-state index in [9.17, 15) is 0 Å². The standard InChI is InChI=1S/C7H15ClN2/c1-6(8)5-7-9-3-4-10(7)2/h6-7,9H,3-5H2,1-2H3. The summed E-state index contributed by atoms with van der Waals surface area (Å²) in [5, 5.41) is 3.66. The Morgan fingerprint density at radius 2 is 2.50 bits per heavy atom. The first-order valence-corrected chi connectivity index (χ1v) is 4.21. The molecular formula is C7H15ClN2. The van der Waals surface area contributed by atoms with Crippen molar-refractivity contribution in [2.75, 3.05) is 20.1 Å². The number of alkyl halides is 1. The van der Waals surface area contributed by atoms with Crippen LogP contribution >= 0.6 is 11.6 Å². The van der Waals surface area contributed by atoms with Gasteiger partial charge in [0.25, 0.3) is 0 Å². The molecule has 2 unspecified atom stereocenters. The monoisotopic (exact) mass is 162 g/mol. The molecule has 1 rings (SSSR count). The van der Waals surface area contributed by atoms with Gasteiger partial charge in [-0.3, -0.25) is 4.90 Å². The summed E-state index contributed by atoms with van der Waals surface area (Å²) in [5.41, 5.74) is 0. The average Bonchev–Trinajstić information content (AvgIpc) is 2.15. The lowest BCUT2D eigenvalue weighted by molar-refractivity contribution is 0.279. The Bertz CT molecular complexity index is 106. The minimum atomic E-state index is 0.276. The third-order valence-corrected chi connectivity index (χ3v) is 2.10. The van der Waals surface area contributed by atoms with Crippen molar-refractivity contribution in [3.63, 3.8) is 0 Å². The predicted octanol–water partition coefficient (Wildman–Crippen LogP) is 0.865. The third kappa shape index (κ3) is 2.11. The number of likely N-dealkylation sites (N-methyl/N-ethyl adjacent to an activating group) is 1. The number of halogens is 1. The van der Waals surface area contributed by atoms with Crippen LogP contribution in [0.25, 0.3) is 0 Å². The second-order valence-corrected chi connectivity index (χ2v) is 3.71. The van der Waals surface area contributed by atoms with Crippen molar-refractivity contribution in [2.24, 2.45) is 0 Å². The van der Waals surface area contributed by atoms with Crippen molar-refractivity contribution >= 4 is 11.6 Å². The fourth-order valence-electron chi connectivity index (χ4n) is 1.29. The summed E-state index contributed by atoms with van der Waals surface area (Å²) in [6.45, 7) is 4.29. The zero-order valence-corrected chi connectivity index (χ0v) is 7.36. The maximum Gasteiger partial charge on any atom is 0.0609 e. The van der Waals surface area contributed by atoms with Crippen LogP contribution in [0.1, 0.15) is 13.3 Å². The second kappa shape index (κ2) is 3.56. The van der Waals surface area contributed by atoms with Gasteiger partial charge >= 0.3 is 0 Å². The van der Waals surface area contributed by atoms with E-state index in [1.807, 2.05) is 6.92 Å². The van der Waals surface area contributed by atoms with E-state index < -0.39 is 0 Å². The van der Waals surface area contributed by atoms with Crippen LogP contribution in [0.4, 0.5) is 0 Å². The van der Waals surface area contributed by atoms with E-state index in [-0.39, 0.29) is 5.38 Å². The van der Waals surface area contributed by atoms with Gasteiger partial charge in [0.2, 0.25) is 0 Å². The van der Waals surface area contributed by atoms with Crippen molar-refractivity contribution in [2.45, 2.75) is 24.9 Å². The Balaban J connectivity index is 2.26. The first kappa shape index (κ1) is 8.31. The van der Waals surface area contributed by atoms with E-state index >= 15 is 0 Å². The largest absolute Gasteiger partial charge is 0.300 e. The van der Waals surface area contributed by atoms with E-state index in [0.29, 0.717) is 6.17 Å². The smallest absolute Gasteiger partial charge is 0.0609 e. The highest BCUT2D eigenvalue weighted by Crippen LogP contribution is 2.10. The van der Waals surface area contributed by atoms with Crippen LogP contribution in [0.5, 0.6) is 0 Å². The molecule has 2 atom stereocenters. The summed E-state index contributed by atoms with van der Waals surface area (Å²) in [7, 11) is 2.13. The molecule has 0 spiro atoms. The normalized spacial score (nSPS) is 30.9. The van der Waals surface area contributed by atoms with Gasteiger partial charge in [0.1, 0.15) is 0 Å². The van der Waals surface area contributed by atoms with Gasteiger partial charge in [0.05, 0.1) is 6.17 Å². The molecule has 0 bridgehead atoms. The van der Waals surface area contributed by atoms with E-state index in [1.54, 1.807) is 0 Å². The molecule has 1 heterocycles. The van der Waals surface area contributed by atoms with Crippen molar-refractivity contribution in [1.82, 2.24) is 10.2 Å². The quantitative estimate of drug-likeness (QED) is 0.607. The van der Waals surface area contributed by atoms with Gasteiger partial charge in [0, 0.05) is 18.5 Å². The van der Waals surface area contributed by atoms with Gasteiger partial charge in [-0.15, -0.1) is 11.6 Å². The zero-order valence-electron chi connectivity index (χ0n) is 6.60. The zero-order chi connectivity index (χ0) is 7.56. The van der Waals surface area contributed by atoms with Crippen LogP contribution in [0, 0.1) is 0 Å². The van der Waals surface area contributed by atoms with Gasteiger partial charge in [-0.2, -0.15) is 0 Å². The molecule has 0 aromatic carbocycles. The van der Waals surface area contributed by atoms with Crippen LogP contribution in [0.15, 0.2) is 0 Å². The Labute approximate surface area is 67.5 Å². The van der Waals surface area contributed by atoms with E-state index in [2.05, 4.69) is 17.3 Å². The molecule has 1 aliphatic rings. The van der Waals surface area contributed by atoms with Gasteiger partial charge < -0.3 is 5.32 Å². The SMILES string of the molecule is CC(Cl)CC1NCCN1C. The van der Waals surface area contributed by atoms with E-state index in [4.69, 9.17) is 11.6 Å². The van der Waals surface area contributed by atoms with Gasteiger partial charge in [-0.25, -0.2) is 0 Å². The Morgan fingerprint density at radius 1 is 1.80 bits per heavy atom. The molecular weight excluding hydrogens is 148 g/mol. The van der Waals surface area contributed by atoms with Crippen molar-refractivity contribution < 1.29 is 0 Å². The molecule has 2 nitrogen and oxygen atoms in total. The minimum Gasteiger partial charge on any atom is -0.300 e. The lowest BCUT2D eigenvalue weighted by Gasteiger charge is -2.19. The summed E-state index contributed by atoms with van der Waals surface area (Å²) >= 11 is 5.86. The fourth-order valence-corrected chi connectivity index (χ4v) is 1.46. The first-order valence-electron chi connectivity index (χ1n) is 3.78. The maximum atomic E-state index is 5.86. The summed E-state index contributed by atoms with van der Waals surface area (Å²) in [4.78, 5) is 2.30. The van der Waals surface area contributed by atoms with Gasteiger partial charge in [0.15, 0.2) is 0 Å². The van der Waals surface area contributed by atoms with Crippen LogP contribution in [0.3, 0.4) is 0 Å². The lowest BCUT2D eigenvalue weighted by atomic mass is 10.2. The molecule has 3 heteroatoms. The summed E-state index contributed by atoms with van der Waals surface area (Å²) in [6, 6.07) is 0. The number of hydrogen-bond donors (Lipinski definition) is 1. The molecule has 0 radical (unpaired) electrons. The number of hydrogen-bond acceptors (Lipinski definition) is 2. The van der Waals surface area contributed by atoms with Crippen molar-refractivity contribution in [1.29, 1.82) is 0 Å². The average molecular weight is 163 g/mol. The molecule has 1 N–H and O–H groups in total. The Morgan fingerprint density at radius 3 is 2.90 bits per heavy atom. The molecule has 60 valence electrons. The molecule has 0 saturated carbocycles. The summed E-state index contributed by atoms with van der Waals surface area (Å²) in [6.07, 6.45) is 1.55. The number of rotatable bonds is 2. The number of nitrogens with one attached hydrogen (secondary N) is 1. The Hall–Kier alpha value is 0.210. The molecule has 0 aromatic heterocycles. The highest BCUT2D eigenvalue weighted by atomic mass is 35.5. The molecule has 0 amide bonds. The van der Waals surface area contributed by atoms with Crippen LogP contribution in [0.2, 0.25) is 0 Å². The van der Waals surface area contributed by atoms with Crippen LogP contribution < -0.4 is 5.32 Å². The number of nitrogens with zero attached hydrogens (tertiary/aromatic N) is 1. The van der Waals surface area contributed by atoms with Crippen molar-refractivity contribution in [3.05, 3.63) is 0 Å². The topological polar surface area (TPSA) is 15.3 Å².